The Balaban J connectivity index is 2.03. The Kier molecular flexibility index (Phi) is 5.02. The van der Waals surface area contributed by atoms with Gasteiger partial charge < -0.3 is 9.80 Å². The van der Waals surface area contributed by atoms with Gasteiger partial charge in [-0.15, -0.1) is 0 Å². The van der Waals surface area contributed by atoms with Crippen LogP contribution in [0.25, 0.3) is 0 Å². The minimum absolute atomic E-state index is 0.0998. The number of aromatic nitrogens is 1. The van der Waals surface area contributed by atoms with Crippen LogP contribution in [0.4, 0.5) is 5.82 Å². The van der Waals surface area contributed by atoms with Gasteiger partial charge >= 0.3 is 0 Å². The van der Waals surface area contributed by atoms with E-state index in [9.17, 15) is 13.2 Å². The van der Waals surface area contributed by atoms with Crippen LogP contribution in [0.5, 0.6) is 0 Å². The van der Waals surface area contributed by atoms with Crippen LogP contribution in [0.15, 0.2) is 23.2 Å². The average molecular weight is 326 g/mol. The first-order chi connectivity index (χ1) is 10.3. The van der Waals surface area contributed by atoms with Gasteiger partial charge in [0.1, 0.15) is 10.7 Å². The van der Waals surface area contributed by atoms with Crippen LogP contribution >= 0.6 is 0 Å². The Morgan fingerprint density at radius 3 is 2.50 bits per heavy atom. The third-order valence-corrected chi connectivity index (χ3v) is 5.58. The summed E-state index contributed by atoms with van der Waals surface area (Å²) in [5.74, 6) is 0.798. The number of rotatable bonds is 6. The largest absolute Gasteiger partial charge is 0.363 e. The second-order valence-corrected chi connectivity index (χ2v) is 7.60. The number of hydrogen-bond donors (Lipinski definition) is 0. The summed E-state index contributed by atoms with van der Waals surface area (Å²) in [6.45, 7) is 1.42. The van der Waals surface area contributed by atoms with Gasteiger partial charge in [0, 0.05) is 53.4 Å². The fraction of sp³-hybridized carbons (Fsp3) is 0.571. The summed E-state index contributed by atoms with van der Waals surface area (Å²) < 4.78 is 26.2. The SMILES string of the molecule is CN(C)c1ccc(S(=O)(=O)N(C)CCN2CCCC2=O)cn1. The number of anilines is 1. The van der Waals surface area contributed by atoms with Crippen LogP contribution in [-0.2, 0) is 14.8 Å². The fourth-order valence-electron chi connectivity index (χ4n) is 2.29. The molecular weight excluding hydrogens is 304 g/mol. The highest BCUT2D eigenvalue weighted by Gasteiger charge is 2.24. The Bertz CT molecular complexity index is 628. The van der Waals surface area contributed by atoms with Crippen molar-refractivity contribution in [1.82, 2.24) is 14.2 Å². The van der Waals surface area contributed by atoms with E-state index in [1.54, 1.807) is 21.9 Å². The zero-order chi connectivity index (χ0) is 16.3. The predicted molar refractivity (Wildman–Crippen MR) is 84.2 cm³/mol. The van der Waals surface area contributed by atoms with Crippen LogP contribution in [-0.4, -0.2) is 69.3 Å². The van der Waals surface area contributed by atoms with Gasteiger partial charge in [0.15, 0.2) is 0 Å². The van der Waals surface area contributed by atoms with Crippen molar-refractivity contribution in [3.8, 4) is 0 Å². The van der Waals surface area contributed by atoms with E-state index in [1.165, 1.54) is 17.5 Å². The van der Waals surface area contributed by atoms with Crippen molar-refractivity contribution >= 4 is 21.7 Å². The lowest BCUT2D eigenvalue weighted by Gasteiger charge is -2.21. The molecule has 1 aromatic rings. The topological polar surface area (TPSA) is 73.8 Å². The van der Waals surface area contributed by atoms with E-state index in [1.807, 2.05) is 14.1 Å². The number of hydrogen-bond acceptors (Lipinski definition) is 5. The van der Waals surface area contributed by atoms with E-state index in [4.69, 9.17) is 0 Å². The molecule has 1 aliphatic heterocycles. The molecule has 7 nitrogen and oxygen atoms in total. The minimum atomic E-state index is -3.58. The molecule has 0 bridgehead atoms. The van der Waals surface area contributed by atoms with E-state index in [0.29, 0.717) is 25.3 Å². The van der Waals surface area contributed by atoms with Crippen LogP contribution in [0, 0.1) is 0 Å². The molecular formula is C14H22N4O3S. The average Bonchev–Trinajstić information content (AvgIpc) is 2.90. The molecule has 22 heavy (non-hydrogen) atoms. The van der Waals surface area contributed by atoms with E-state index in [-0.39, 0.29) is 17.3 Å². The Morgan fingerprint density at radius 2 is 2.00 bits per heavy atom. The van der Waals surface area contributed by atoms with Crippen molar-refractivity contribution in [3.05, 3.63) is 18.3 Å². The lowest BCUT2D eigenvalue weighted by molar-refractivity contribution is -0.127. The van der Waals surface area contributed by atoms with Gasteiger partial charge in [-0.2, -0.15) is 4.31 Å². The Hall–Kier alpha value is -1.67. The van der Waals surface area contributed by atoms with Crippen molar-refractivity contribution < 1.29 is 13.2 Å². The maximum atomic E-state index is 12.5. The van der Waals surface area contributed by atoms with Crippen LogP contribution in [0.1, 0.15) is 12.8 Å². The molecule has 2 rings (SSSR count). The van der Waals surface area contributed by atoms with Crippen LogP contribution in [0.3, 0.4) is 0 Å². The number of pyridine rings is 1. The van der Waals surface area contributed by atoms with Crippen molar-refractivity contribution in [1.29, 1.82) is 0 Å². The van der Waals surface area contributed by atoms with Crippen molar-refractivity contribution in [2.75, 3.05) is 45.7 Å². The molecule has 8 heteroatoms. The highest BCUT2D eigenvalue weighted by Crippen LogP contribution is 2.17. The number of nitrogens with zero attached hydrogens (tertiary/aromatic N) is 4. The highest BCUT2D eigenvalue weighted by molar-refractivity contribution is 7.89. The summed E-state index contributed by atoms with van der Waals surface area (Å²) in [7, 11) is 1.63. The first kappa shape index (κ1) is 16.7. The lowest BCUT2D eigenvalue weighted by atomic mass is 10.4. The van der Waals surface area contributed by atoms with Crippen LogP contribution < -0.4 is 4.90 Å². The molecule has 0 aromatic carbocycles. The number of likely N-dealkylation sites (N-methyl/N-ethyl adjacent to an activating group) is 1. The number of amides is 1. The van der Waals surface area contributed by atoms with Gasteiger partial charge in [0.05, 0.1) is 0 Å². The normalized spacial score (nSPS) is 15.6. The highest BCUT2D eigenvalue weighted by atomic mass is 32.2. The van der Waals surface area contributed by atoms with Crippen LogP contribution in [0.2, 0.25) is 0 Å². The van der Waals surface area contributed by atoms with E-state index >= 15 is 0 Å². The molecule has 1 aliphatic rings. The Morgan fingerprint density at radius 1 is 1.27 bits per heavy atom. The monoisotopic (exact) mass is 326 g/mol. The van der Waals surface area contributed by atoms with E-state index < -0.39 is 10.0 Å². The van der Waals surface area contributed by atoms with Gasteiger partial charge in [-0.05, 0) is 18.6 Å². The smallest absolute Gasteiger partial charge is 0.244 e. The molecule has 1 amide bonds. The summed E-state index contributed by atoms with van der Waals surface area (Å²) in [6, 6.07) is 3.22. The lowest BCUT2D eigenvalue weighted by Crippen LogP contribution is -2.36. The third-order valence-electron chi connectivity index (χ3n) is 3.74. The molecule has 2 heterocycles. The molecule has 0 saturated carbocycles. The van der Waals surface area contributed by atoms with E-state index in [2.05, 4.69) is 4.98 Å². The van der Waals surface area contributed by atoms with Gasteiger partial charge in [-0.25, -0.2) is 13.4 Å². The van der Waals surface area contributed by atoms with Crippen molar-refractivity contribution in [2.45, 2.75) is 17.7 Å². The second kappa shape index (κ2) is 6.62. The molecule has 0 aliphatic carbocycles. The molecule has 0 unspecified atom stereocenters. The third kappa shape index (κ3) is 3.56. The summed E-state index contributed by atoms with van der Waals surface area (Å²) >= 11 is 0. The zero-order valence-electron chi connectivity index (χ0n) is 13.2. The maximum absolute atomic E-state index is 12.5. The first-order valence-electron chi connectivity index (χ1n) is 7.20. The second-order valence-electron chi connectivity index (χ2n) is 5.56. The summed E-state index contributed by atoms with van der Waals surface area (Å²) in [4.78, 5) is 19.4. The first-order valence-corrected chi connectivity index (χ1v) is 8.64. The number of sulfonamides is 1. The summed E-state index contributed by atoms with van der Waals surface area (Å²) in [5, 5.41) is 0. The zero-order valence-corrected chi connectivity index (χ0v) is 14.0. The Labute approximate surface area is 131 Å². The van der Waals surface area contributed by atoms with E-state index in [0.717, 1.165) is 6.42 Å². The summed E-state index contributed by atoms with van der Waals surface area (Å²) in [5.41, 5.74) is 0. The predicted octanol–water partition coefficient (Wildman–Crippen LogP) is 0.391. The molecule has 0 atom stereocenters. The number of carbonyl (C=O) groups excluding carboxylic acids is 1. The standard InChI is InChI=1S/C14H22N4O3S/c1-16(2)13-7-6-12(11-15-13)22(20,21)17(3)9-10-18-8-4-5-14(18)19/h6-7,11H,4-5,8-10H2,1-3H3. The van der Waals surface area contributed by atoms with Gasteiger partial charge in [0.25, 0.3) is 0 Å². The van der Waals surface area contributed by atoms with Gasteiger partial charge in [-0.3, -0.25) is 4.79 Å². The molecule has 0 radical (unpaired) electrons. The quantitative estimate of drug-likeness (QED) is 0.756. The van der Waals surface area contributed by atoms with Crippen molar-refractivity contribution in [3.63, 3.8) is 0 Å². The number of likely N-dealkylation sites (tertiary alicyclic amines) is 1. The molecule has 0 spiro atoms. The number of carbonyl (C=O) groups is 1. The molecule has 1 aromatic heterocycles. The molecule has 122 valence electrons. The summed E-state index contributed by atoms with van der Waals surface area (Å²) in [6.07, 6.45) is 2.78. The fourth-order valence-corrected chi connectivity index (χ4v) is 3.40. The maximum Gasteiger partial charge on any atom is 0.244 e. The van der Waals surface area contributed by atoms with Crippen molar-refractivity contribution in [2.24, 2.45) is 0 Å². The minimum Gasteiger partial charge on any atom is -0.363 e. The van der Waals surface area contributed by atoms with Gasteiger partial charge in [0.2, 0.25) is 15.9 Å². The molecule has 1 fully saturated rings. The van der Waals surface area contributed by atoms with Gasteiger partial charge in [-0.1, -0.05) is 0 Å². The molecule has 0 N–H and O–H groups in total. The molecule has 1 saturated heterocycles.